The highest BCUT2D eigenvalue weighted by Crippen LogP contribution is 2.30. The maximum atomic E-state index is 14.1. The van der Waals surface area contributed by atoms with E-state index in [-0.39, 0.29) is 36.2 Å². The zero-order valence-corrected chi connectivity index (χ0v) is 24.7. The maximum Gasteiger partial charge on any atom is 0.407 e. The first kappa shape index (κ1) is 30.4. The van der Waals surface area contributed by atoms with E-state index in [0.717, 1.165) is 61.0 Å². The van der Waals surface area contributed by atoms with Crippen molar-refractivity contribution in [3.63, 3.8) is 0 Å². The molecule has 3 aromatic rings. The van der Waals surface area contributed by atoms with Gasteiger partial charge in [0.1, 0.15) is 12.1 Å². The lowest BCUT2D eigenvalue weighted by molar-refractivity contribution is -0.137. The van der Waals surface area contributed by atoms with Gasteiger partial charge in [0.15, 0.2) is 5.78 Å². The standard InChI is InChI=1S/C35H41N3O5/c1-42-35(41)37-33(32(26-13-4-2-5-14-26)27-15-6-3-7-16-27)31(39)22-28-17-9-8-12-25(28)18-19-29-23-36-30(24-43-29)34(40)38-20-10-11-21-38/h2-9,12-17,29-30,32-33,36H,10-11,18-24H2,1H3,(H,37,41)/t29-,30+,33-/m1/s1. The second kappa shape index (κ2) is 14.9. The van der Waals surface area contributed by atoms with Gasteiger partial charge in [0, 0.05) is 32.0 Å². The SMILES string of the molecule is COC(=O)N[C@H](C(=O)Cc1ccccc1CC[C@@H]1CN[C@H](C(=O)N2CCCC2)CO1)C(c1ccccc1)c1ccccc1. The van der Waals surface area contributed by atoms with Crippen molar-refractivity contribution in [1.82, 2.24) is 15.5 Å². The molecule has 0 aromatic heterocycles. The van der Waals surface area contributed by atoms with E-state index in [9.17, 15) is 14.4 Å². The zero-order chi connectivity index (χ0) is 30.0. The fourth-order valence-corrected chi connectivity index (χ4v) is 6.15. The number of aryl methyl sites for hydroxylation is 1. The molecule has 2 amide bonds. The number of methoxy groups -OCH3 is 1. The van der Waals surface area contributed by atoms with E-state index in [2.05, 4.69) is 10.6 Å². The van der Waals surface area contributed by atoms with Gasteiger partial charge in [-0.05, 0) is 47.9 Å². The van der Waals surface area contributed by atoms with Gasteiger partial charge in [-0.2, -0.15) is 0 Å². The third-order valence-corrected chi connectivity index (χ3v) is 8.48. The van der Waals surface area contributed by atoms with Gasteiger partial charge in [0.25, 0.3) is 0 Å². The van der Waals surface area contributed by atoms with Crippen LogP contribution in [0.3, 0.4) is 0 Å². The van der Waals surface area contributed by atoms with Crippen molar-refractivity contribution in [2.75, 3.05) is 33.4 Å². The van der Waals surface area contributed by atoms with Crippen LogP contribution in [0.2, 0.25) is 0 Å². The van der Waals surface area contributed by atoms with Crippen molar-refractivity contribution in [2.45, 2.75) is 56.2 Å². The number of hydrogen-bond acceptors (Lipinski definition) is 6. The number of benzene rings is 3. The number of Topliss-reactive ketones (excluding diaryl/α,β-unsaturated/α-hetero) is 1. The first-order chi connectivity index (χ1) is 21.0. The lowest BCUT2D eigenvalue weighted by Crippen LogP contribution is -2.54. The van der Waals surface area contributed by atoms with Gasteiger partial charge >= 0.3 is 6.09 Å². The molecule has 8 heteroatoms. The minimum absolute atomic E-state index is 0.0133. The summed E-state index contributed by atoms with van der Waals surface area (Å²) in [6.07, 6.45) is 3.15. The van der Waals surface area contributed by atoms with Crippen LogP contribution in [-0.2, 0) is 31.9 Å². The number of carbonyl (C=O) groups excluding carboxylic acids is 3. The molecule has 0 aliphatic carbocycles. The summed E-state index contributed by atoms with van der Waals surface area (Å²) in [7, 11) is 1.30. The van der Waals surface area contributed by atoms with E-state index in [0.29, 0.717) is 13.2 Å². The van der Waals surface area contributed by atoms with Gasteiger partial charge in [0.05, 0.1) is 19.8 Å². The monoisotopic (exact) mass is 583 g/mol. The minimum atomic E-state index is -0.832. The number of carbonyl (C=O) groups is 3. The highest BCUT2D eigenvalue weighted by atomic mass is 16.5. The van der Waals surface area contributed by atoms with Crippen LogP contribution in [0.4, 0.5) is 4.79 Å². The number of amides is 2. The average Bonchev–Trinajstić information content (AvgIpc) is 3.60. The molecule has 5 rings (SSSR count). The summed E-state index contributed by atoms with van der Waals surface area (Å²) in [6, 6.07) is 26.4. The maximum absolute atomic E-state index is 14.1. The van der Waals surface area contributed by atoms with Gasteiger partial charge in [-0.15, -0.1) is 0 Å². The third kappa shape index (κ3) is 7.89. The van der Waals surface area contributed by atoms with E-state index in [4.69, 9.17) is 9.47 Å². The minimum Gasteiger partial charge on any atom is -0.453 e. The molecule has 2 N–H and O–H groups in total. The summed E-state index contributed by atoms with van der Waals surface area (Å²) in [4.78, 5) is 41.2. The molecule has 43 heavy (non-hydrogen) atoms. The quantitative estimate of drug-likeness (QED) is 0.350. The summed E-state index contributed by atoms with van der Waals surface area (Å²) in [5.74, 6) is -0.354. The molecule has 0 spiro atoms. The molecule has 226 valence electrons. The van der Waals surface area contributed by atoms with Crippen LogP contribution in [0.1, 0.15) is 47.4 Å². The van der Waals surface area contributed by atoms with Gasteiger partial charge in [0.2, 0.25) is 5.91 Å². The number of likely N-dealkylation sites (tertiary alicyclic amines) is 1. The van der Waals surface area contributed by atoms with E-state index >= 15 is 0 Å². The molecule has 8 nitrogen and oxygen atoms in total. The second-order valence-corrected chi connectivity index (χ2v) is 11.3. The van der Waals surface area contributed by atoms with Crippen LogP contribution in [0, 0.1) is 0 Å². The predicted octanol–water partition coefficient (Wildman–Crippen LogP) is 4.27. The number of ether oxygens (including phenoxy) is 2. The first-order valence-corrected chi connectivity index (χ1v) is 15.2. The molecule has 2 heterocycles. The molecule has 2 saturated heterocycles. The van der Waals surface area contributed by atoms with Crippen molar-refractivity contribution in [3.05, 3.63) is 107 Å². The molecule has 2 aliphatic heterocycles. The Morgan fingerprint density at radius 3 is 2.09 bits per heavy atom. The zero-order valence-electron chi connectivity index (χ0n) is 24.7. The number of alkyl carbamates (subject to hydrolysis) is 1. The molecule has 2 fully saturated rings. The van der Waals surface area contributed by atoms with Crippen LogP contribution < -0.4 is 10.6 Å². The highest BCUT2D eigenvalue weighted by molar-refractivity contribution is 5.91. The Balaban J connectivity index is 1.27. The van der Waals surface area contributed by atoms with Crippen molar-refractivity contribution >= 4 is 17.8 Å². The number of nitrogens with one attached hydrogen (secondary N) is 2. The molecule has 3 aromatic carbocycles. The summed E-state index contributed by atoms with van der Waals surface area (Å²) in [5, 5.41) is 6.24. The van der Waals surface area contributed by atoms with E-state index < -0.39 is 12.1 Å². The number of morpholine rings is 1. The average molecular weight is 584 g/mol. The summed E-state index contributed by atoms with van der Waals surface area (Å²) in [6.45, 7) is 2.67. The molecule has 0 saturated carbocycles. The lowest BCUT2D eigenvalue weighted by Gasteiger charge is -2.32. The second-order valence-electron chi connectivity index (χ2n) is 11.3. The van der Waals surface area contributed by atoms with Crippen molar-refractivity contribution < 1.29 is 23.9 Å². The Labute approximate surface area is 253 Å². The van der Waals surface area contributed by atoms with Crippen LogP contribution in [0.15, 0.2) is 84.9 Å². The molecule has 0 bridgehead atoms. The Kier molecular flexibility index (Phi) is 10.6. The van der Waals surface area contributed by atoms with Crippen LogP contribution in [0.25, 0.3) is 0 Å². The molecular formula is C35H41N3O5. The van der Waals surface area contributed by atoms with Crippen LogP contribution in [-0.4, -0.2) is 74.2 Å². The smallest absolute Gasteiger partial charge is 0.407 e. The summed E-state index contributed by atoms with van der Waals surface area (Å²) in [5.41, 5.74) is 3.86. The Bertz CT molecular complexity index is 1310. The lowest BCUT2D eigenvalue weighted by atomic mass is 9.81. The van der Waals surface area contributed by atoms with Crippen LogP contribution in [0.5, 0.6) is 0 Å². The van der Waals surface area contributed by atoms with E-state index in [1.54, 1.807) is 0 Å². The Morgan fingerprint density at radius 2 is 1.51 bits per heavy atom. The van der Waals surface area contributed by atoms with Gasteiger partial charge in [-0.3, -0.25) is 9.59 Å². The first-order valence-electron chi connectivity index (χ1n) is 15.2. The van der Waals surface area contributed by atoms with Gasteiger partial charge in [-0.1, -0.05) is 84.9 Å². The third-order valence-electron chi connectivity index (χ3n) is 8.48. The van der Waals surface area contributed by atoms with E-state index in [1.807, 2.05) is 89.8 Å². The summed E-state index contributed by atoms with van der Waals surface area (Å²) >= 11 is 0. The predicted molar refractivity (Wildman–Crippen MR) is 165 cm³/mol. The van der Waals surface area contributed by atoms with Crippen molar-refractivity contribution in [3.8, 4) is 0 Å². The fraction of sp³-hybridized carbons (Fsp3) is 0.400. The number of ketones is 1. The van der Waals surface area contributed by atoms with E-state index in [1.165, 1.54) is 7.11 Å². The highest BCUT2D eigenvalue weighted by Gasteiger charge is 2.33. The molecule has 0 unspecified atom stereocenters. The van der Waals surface area contributed by atoms with Gasteiger partial charge in [-0.25, -0.2) is 4.79 Å². The van der Waals surface area contributed by atoms with Crippen molar-refractivity contribution in [2.24, 2.45) is 0 Å². The van der Waals surface area contributed by atoms with Gasteiger partial charge < -0.3 is 25.0 Å². The summed E-state index contributed by atoms with van der Waals surface area (Å²) < 4.78 is 11.0. The molecule has 3 atom stereocenters. The Morgan fingerprint density at radius 1 is 0.907 bits per heavy atom. The molecule has 0 radical (unpaired) electrons. The number of rotatable bonds is 11. The molecular weight excluding hydrogens is 542 g/mol. The molecule has 2 aliphatic rings. The van der Waals surface area contributed by atoms with Crippen molar-refractivity contribution in [1.29, 1.82) is 0 Å². The van der Waals surface area contributed by atoms with Crippen LogP contribution >= 0.6 is 0 Å². The topological polar surface area (TPSA) is 97.0 Å². The largest absolute Gasteiger partial charge is 0.453 e. The Hall–Kier alpha value is -4.01. The number of nitrogens with zero attached hydrogens (tertiary/aromatic N) is 1. The number of hydrogen-bond donors (Lipinski definition) is 2. The fourth-order valence-electron chi connectivity index (χ4n) is 6.15. The normalized spacial score (nSPS) is 19.2.